The van der Waals surface area contributed by atoms with E-state index in [0.717, 1.165) is 5.56 Å². The van der Waals surface area contributed by atoms with Crippen LogP contribution in [0.4, 0.5) is 4.79 Å². The summed E-state index contributed by atoms with van der Waals surface area (Å²) in [5.41, 5.74) is 0.131. The average molecular weight is 277 g/mol. The van der Waals surface area contributed by atoms with E-state index in [2.05, 4.69) is 10.3 Å². The van der Waals surface area contributed by atoms with E-state index in [0.29, 0.717) is 25.9 Å². The van der Waals surface area contributed by atoms with Crippen molar-refractivity contribution in [3.63, 3.8) is 0 Å². The fourth-order valence-electron chi connectivity index (χ4n) is 2.45. The van der Waals surface area contributed by atoms with Gasteiger partial charge in [0.05, 0.1) is 5.41 Å². The maximum Gasteiger partial charge on any atom is 0.317 e. The van der Waals surface area contributed by atoms with Crippen LogP contribution in [-0.4, -0.2) is 40.1 Å². The number of carbonyl (C=O) groups excluding carboxylic acids is 1. The van der Waals surface area contributed by atoms with Crippen molar-refractivity contribution in [3.8, 4) is 0 Å². The van der Waals surface area contributed by atoms with Crippen LogP contribution in [0.2, 0.25) is 0 Å². The molecule has 1 unspecified atom stereocenters. The summed E-state index contributed by atoms with van der Waals surface area (Å²) in [4.78, 5) is 28.9. The van der Waals surface area contributed by atoms with E-state index < -0.39 is 11.4 Å². The number of rotatable bonds is 4. The van der Waals surface area contributed by atoms with Crippen molar-refractivity contribution in [1.82, 2.24) is 15.2 Å². The quantitative estimate of drug-likeness (QED) is 0.873. The molecule has 0 spiro atoms. The molecule has 1 aromatic heterocycles. The Morgan fingerprint density at radius 1 is 1.55 bits per heavy atom. The summed E-state index contributed by atoms with van der Waals surface area (Å²) in [5.74, 6) is -0.817. The third-order valence-corrected chi connectivity index (χ3v) is 3.94. The van der Waals surface area contributed by atoms with Gasteiger partial charge in [-0.05, 0) is 24.5 Å². The van der Waals surface area contributed by atoms with Crippen molar-refractivity contribution < 1.29 is 14.7 Å². The van der Waals surface area contributed by atoms with Crippen molar-refractivity contribution in [2.45, 2.75) is 26.3 Å². The van der Waals surface area contributed by atoms with E-state index in [-0.39, 0.29) is 12.6 Å². The standard InChI is InChI=1S/C14H19N3O3/c1-2-14(12(18)19)5-7-17(10-14)13(20)16-9-11-4-3-6-15-8-11/h3-4,6,8H,2,5,7,9-10H2,1H3,(H,16,20)(H,18,19). The number of aliphatic carboxylic acids is 1. The van der Waals surface area contributed by atoms with E-state index in [1.807, 2.05) is 19.1 Å². The number of likely N-dealkylation sites (tertiary alicyclic amines) is 1. The zero-order valence-corrected chi connectivity index (χ0v) is 11.5. The lowest BCUT2D eigenvalue weighted by Crippen LogP contribution is -2.41. The van der Waals surface area contributed by atoms with Crippen LogP contribution in [0.3, 0.4) is 0 Å². The first kappa shape index (κ1) is 14.3. The largest absolute Gasteiger partial charge is 0.481 e. The number of nitrogens with one attached hydrogen (secondary N) is 1. The lowest BCUT2D eigenvalue weighted by molar-refractivity contribution is -0.148. The molecule has 0 bridgehead atoms. The van der Waals surface area contributed by atoms with Gasteiger partial charge in [0.15, 0.2) is 0 Å². The smallest absolute Gasteiger partial charge is 0.317 e. The van der Waals surface area contributed by atoms with Gasteiger partial charge in [-0.15, -0.1) is 0 Å². The number of aromatic nitrogens is 1. The zero-order valence-electron chi connectivity index (χ0n) is 11.5. The van der Waals surface area contributed by atoms with Crippen molar-refractivity contribution in [2.24, 2.45) is 5.41 Å². The van der Waals surface area contributed by atoms with Crippen LogP contribution in [0, 0.1) is 5.41 Å². The molecule has 20 heavy (non-hydrogen) atoms. The third kappa shape index (κ3) is 2.89. The van der Waals surface area contributed by atoms with E-state index in [9.17, 15) is 14.7 Å². The molecule has 2 N–H and O–H groups in total. The average Bonchev–Trinajstić information content (AvgIpc) is 2.92. The first-order chi connectivity index (χ1) is 9.57. The SMILES string of the molecule is CCC1(C(=O)O)CCN(C(=O)NCc2cccnc2)C1. The third-order valence-electron chi connectivity index (χ3n) is 3.94. The molecule has 1 saturated heterocycles. The van der Waals surface area contributed by atoms with Crippen LogP contribution in [0.5, 0.6) is 0 Å². The van der Waals surface area contributed by atoms with Crippen molar-refractivity contribution >= 4 is 12.0 Å². The first-order valence-electron chi connectivity index (χ1n) is 6.72. The van der Waals surface area contributed by atoms with Gasteiger partial charge in [0.1, 0.15) is 0 Å². The summed E-state index contributed by atoms with van der Waals surface area (Å²) in [5, 5.41) is 12.1. The van der Waals surface area contributed by atoms with E-state index >= 15 is 0 Å². The first-order valence-corrected chi connectivity index (χ1v) is 6.72. The Balaban J connectivity index is 1.90. The van der Waals surface area contributed by atoms with E-state index in [4.69, 9.17) is 0 Å². The number of urea groups is 1. The number of hydrogen-bond acceptors (Lipinski definition) is 3. The van der Waals surface area contributed by atoms with Crippen molar-refractivity contribution in [1.29, 1.82) is 0 Å². The summed E-state index contributed by atoms with van der Waals surface area (Å²) in [6.07, 6.45) is 4.42. The van der Waals surface area contributed by atoms with E-state index in [1.54, 1.807) is 17.3 Å². The highest BCUT2D eigenvalue weighted by molar-refractivity contribution is 5.79. The van der Waals surface area contributed by atoms with Gasteiger partial charge in [-0.1, -0.05) is 13.0 Å². The van der Waals surface area contributed by atoms with Gasteiger partial charge in [0, 0.05) is 32.0 Å². The Bertz CT molecular complexity index is 492. The van der Waals surface area contributed by atoms with Gasteiger partial charge in [-0.25, -0.2) is 4.79 Å². The van der Waals surface area contributed by atoms with Crippen molar-refractivity contribution in [2.75, 3.05) is 13.1 Å². The molecule has 2 rings (SSSR count). The Labute approximate surface area is 117 Å². The molecular weight excluding hydrogens is 258 g/mol. The second-order valence-electron chi connectivity index (χ2n) is 5.13. The molecule has 2 amide bonds. The number of nitrogens with zero attached hydrogens (tertiary/aromatic N) is 2. The molecule has 1 atom stereocenters. The number of hydrogen-bond donors (Lipinski definition) is 2. The summed E-state index contributed by atoms with van der Waals surface area (Å²) >= 11 is 0. The molecule has 1 aliphatic rings. The normalized spacial score (nSPS) is 21.8. The van der Waals surface area contributed by atoms with Crippen LogP contribution >= 0.6 is 0 Å². The highest BCUT2D eigenvalue weighted by atomic mass is 16.4. The minimum atomic E-state index is -0.817. The Morgan fingerprint density at radius 3 is 2.90 bits per heavy atom. The van der Waals surface area contributed by atoms with Gasteiger partial charge < -0.3 is 15.3 Å². The molecule has 0 saturated carbocycles. The second-order valence-corrected chi connectivity index (χ2v) is 5.13. The van der Waals surface area contributed by atoms with Crippen LogP contribution in [-0.2, 0) is 11.3 Å². The van der Waals surface area contributed by atoms with Crippen LogP contribution in [0.1, 0.15) is 25.3 Å². The zero-order chi connectivity index (χ0) is 14.6. The number of carboxylic acid groups (broad SMARTS) is 1. The van der Waals surface area contributed by atoms with Crippen LogP contribution in [0.15, 0.2) is 24.5 Å². The maximum atomic E-state index is 12.0. The highest BCUT2D eigenvalue weighted by Crippen LogP contribution is 2.34. The Kier molecular flexibility index (Phi) is 4.22. The topological polar surface area (TPSA) is 82.5 Å². The van der Waals surface area contributed by atoms with Crippen molar-refractivity contribution in [3.05, 3.63) is 30.1 Å². The number of carboxylic acids is 1. The number of carbonyl (C=O) groups is 2. The minimum absolute atomic E-state index is 0.217. The monoisotopic (exact) mass is 277 g/mol. The molecule has 1 aliphatic heterocycles. The molecule has 1 fully saturated rings. The molecule has 6 heteroatoms. The molecule has 0 radical (unpaired) electrons. The summed E-state index contributed by atoms with van der Waals surface area (Å²) < 4.78 is 0. The summed E-state index contributed by atoms with van der Waals surface area (Å²) in [6, 6.07) is 3.47. The fraction of sp³-hybridized carbons (Fsp3) is 0.500. The molecule has 1 aromatic rings. The molecule has 0 aromatic carbocycles. The molecular formula is C14H19N3O3. The summed E-state index contributed by atoms with van der Waals surface area (Å²) in [7, 11) is 0. The Morgan fingerprint density at radius 2 is 2.35 bits per heavy atom. The molecule has 0 aliphatic carbocycles. The van der Waals surface area contributed by atoms with Gasteiger partial charge in [0.25, 0.3) is 0 Å². The fourth-order valence-corrected chi connectivity index (χ4v) is 2.45. The van der Waals surface area contributed by atoms with Crippen LogP contribution < -0.4 is 5.32 Å². The lowest BCUT2D eigenvalue weighted by Gasteiger charge is -2.23. The predicted molar refractivity (Wildman–Crippen MR) is 73.0 cm³/mol. The van der Waals surface area contributed by atoms with Crippen LogP contribution in [0.25, 0.3) is 0 Å². The van der Waals surface area contributed by atoms with E-state index in [1.165, 1.54) is 0 Å². The molecule has 6 nitrogen and oxygen atoms in total. The molecule has 2 heterocycles. The highest BCUT2D eigenvalue weighted by Gasteiger charge is 2.44. The minimum Gasteiger partial charge on any atom is -0.481 e. The van der Waals surface area contributed by atoms with Gasteiger partial charge >= 0.3 is 12.0 Å². The Hall–Kier alpha value is -2.11. The number of pyridine rings is 1. The van der Waals surface area contributed by atoms with Gasteiger partial charge in [0.2, 0.25) is 0 Å². The number of amides is 2. The second kappa shape index (κ2) is 5.90. The summed E-state index contributed by atoms with van der Waals surface area (Å²) in [6.45, 7) is 3.01. The predicted octanol–water partition coefficient (Wildman–Crippen LogP) is 1.48. The maximum absolute atomic E-state index is 12.0. The van der Waals surface area contributed by atoms with Gasteiger partial charge in [-0.2, -0.15) is 0 Å². The van der Waals surface area contributed by atoms with Gasteiger partial charge in [-0.3, -0.25) is 9.78 Å². The molecule has 108 valence electrons. The lowest BCUT2D eigenvalue weighted by atomic mass is 9.84.